The van der Waals surface area contributed by atoms with Crippen molar-refractivity contribution in [2.45, 2.75) is 65.8 Å². The van der Waals surface area contributed by atoms with Crippen LogP contribution in [-0.2, 0) is 22.7 Å². The van der Waals surface area contributed by atoms with Crippen LogP contribution in [0.25, 0.3) is 22.2 Å². The molecule has 0 spiro atoms. The summed E-state index contributed by atoms with van der Waals surface area (Å²) in [4.78, 5) is 54.7. The van der Waals surface area contributed by atoms with E-state index in [0.29, 0.717) is 39.1 Å². The molecule has 3 atom stereocenters. The number of piperidine rings is 1. The van der Waals surface area contributed by atoms with Crippen molar-refractivity contribution < 1.29 is 19.5 Å². The largest absolute Gasteiger partial charge is 0.390 e. The number of carbonyl (C=O) groups excluding carboxylic acids is 3. The van der Waals surface area contributed by atoms with E-state index in [1.165, 1.54) is 13.1 Å². The average molecular weight is 633 g/mol. The van der Waals surface area contributed by atoms with Gasteiger partial charge in [-0.2, -0.15) is 5.10 Å². The number of aliphatic hydroxyl groups is 1. The molecule has 0 radical (unpaired) electrons. The Kier molecular flexibility index (Phi) is 6.93. The highest BCUT2D eigenvalue weighted by Crippen LogP contribution is 2.59. The van der Waals surface area contributed by atoms with Crippen molar-refractivity contribution in [3.8, 4) is 11.3 Å². The monoisotopic (exact) mass is 631 g/mol. The third-order valence-corrected chi connectivity index (χ3v) is 8.79. The number of halogens is 1. The fraction of sp³-hybridized carbons (Fsp3) is 0.367. The zero-order chi connectivity index (χ0) is 29.9. The molecular weight excluding hydrogens is 602 g/mol. The number of aryl methyl sites for hydroxylation is 2. The first-order valence-electron chi connectivity index (χ1n) is 13.7. The van der Waals surface area contributed by atoms with Gasteiger partial charge in [0.2, 0.25) is 11.8 Å². The van der Waals surface area contributed by atoms with Crippen molar-refractivity contribution in [1.82, 2.24) is 29.6 Å². The predicted octanol–water partition coefficient (Wildman–Crippen LogP) is 3.98. The van der Waals surface area contributed by atoms with E-state index in [2.05, 4.69) is 48.2 Å². The number of anilines is 1. The van der Waals surface area contributed by atoms with Crippen LogP contribution in [-0.4, -0.2) is 64.4 Å². The van der Waals surface area contributed by atoms with E-state index < -0.39 is 6.04 Å². The molecule has 4 heterocycles. The molecule has 1 aliphatic heterocycles. The number of amides is 2. The lowest BCUT2D eigenvalue weighted by Gasteiger charge is -2.27. The highest BCUT2D eigenvalue weighted by Gasteiger charge is 2.64. The van der Waals surface area contributed by atoms with Gasteiger partial charge >= 0.3 is 0 Å². The Balaban J connectivity index is 1.31. The molecule has 1 saturated heterocycles. The van der Waals surface area contributed by atoms with Gasteiger partial charge in [-0.15, -0.1) is 0 Å². The molecule has 42 heavy (non-hydrogen) atoms. The Morgan fingerprint density at radius 1 is 1.12 bits per heavy atom. The Labute approximate surface area is 250 Å². The van der Waals surface area contributed by atoms with Gasteiger partial charge in [0.1, 0.15) is 28.7 Å². The predicted molar refractivity (Wildman–Crippen MR) is 158 cm³/mol. The lowest BCUT2D eigenvalue weighted by Crippen LogP contribution is -2.47. The van der Waals surface area contributed by atoms with Crippen LogP contribution in [0.1, 0.15) is 54.0 Å². The zero-order valence-electron chi connectivity index (χ0n) is 23.7. The molecular formula is C30H30BrN7O4. The van der Waals surface area contributed by atoms with Gasteiger partial charge in [-0.25, -0.2) is 4.98 Å². The summed E-state index contributed by atoms with van der Waals surface area (Å²) in [6.45, 7) is 6.99. The lowest BCUT2D eigenvalue weighted by atomic mass is 10.0. The van der Waals surface area contributed by atoms with Crippen molar-refractivity contribution in [2.24, 2.45) is 5.41 Å². The highest BCUT2D eigenvalue weighted by atomic mass is 79.9. The number of hydrogen-bond acceptors (Lipinski definition) is 8. The maximum absolute atomic E-state index is 13.9. The maximum atomic E-state index is 13.9. The molecule has 3 aromatic heterocycles. The number of Topliss-reactive ketones (excluding diaryl/α,β-unsaturated/α-hetero) is 1. The van der Waals surface area contributed by atoms with Crippen LogP contribution in [0.15, 0.2) is 41.3 Å². The second-order valence-electron chi connectivity index (χ2n) is 11.5. The third-order valence-electron chi connectivity index (χ3n) is 8.35. The van der Waals surface area contributed by atoms with Crippen LogP contribution < -0.4 is 5.32 Å². The number of likely N-dealkylation sites (tertiary alicyclic amines) is 1. The zero-order valence-corrected chi connectivity index (χ0v) is 25.3. The van der Waals surface area contributed by atoms with E-state index in [1.807, 2.05) is 38.1 Å². The SMILES string of the molecule is CC(=O)c1nn(CC(=O)N2[C@H](C(=O)Nc3nc(Br)ccc3C)C[C@@]3(C)C[C@@H]23)c2c(C)cc(-c3cnc(CO)cn3)cc12. The number of hydrogen-bond donors (Lipinski definition) is 2. The molecule has 0 unspecified atom stereocenters. The van der Waals surface area contributed by atoms with Gasteiger partial charge in [-0.3, -0.25) is 29.0 Å². The number of ketones is 1. The summed E-state index contributed by atoms with van der Waals surface area (Å²) < 4.78 is 2.18. The number of nitrogens with zero attached hydrogens (tertiary/aromatic N) is 6. The van der Waals surface area contributed by atoms with Crippen molar-refractivity contribution in [3.05, 3.63) is 63.8 Å². The minimum absolute atomic E-state index is 0.0282. The van der Waals surface area contributed by atoms with Gasteiger partial charge in [0.25, 0.3) is 0 Å². The first kappa shape index (κ1) is 28.1. The number of benzene rings is 1. The summed E-state index contributed by atoms with van der Waals surface area (Å²) in [6.07, 6.45) is 4.49. The van der Waals surface area contributed by atoms with Crippen molar-refractivity contribution in [1.29, 1.82) is 0 Å². The minimum Gasteiger partial charge on any atom is -0.390 e. The molecule has 1 saturated carbocycles. The van der Waals surface area contributed by atoms with Gasteiger partial charge in [-0.05, 0) is 77.4 Å². The minimum atomic E-state index is -0.635. The molecule has 1 aromatic carbocycles. The number of carbonyl (C=O) groups is 3. The summed E-state index contributed by atoms with van der Waals surface area (Å²) in [5.41, 5.74) is 4.24. The van der Waals surface area contributed by atoms with Gasteiger partial charge in [0.05, 0.1) is 35.9 Å². The Morgan fingerprint density at radius 2 is 1.90 bits per heavy atom. The number of aliphatic hydroxyl groups excluding tert-OH is 1. The van der Waals surface area contributed by atoms with Crippen molar-refractivity contribution >= 4 is 50.2 Å². The lowest BCUT2D eigenvalue weighted by molar-refractivity contribution is -0.138. The van der Waals surface area contributed by atoms with Crippen LogP contribution in [0.2, 0.25) is 0 Å². The first-order valence-corrected chi connectivity index (χ1v) is 14.5. The topological polar surface area (TPSA) is 143 Å². The van der Waals surface area contributed by atoms with Gasteiger partial charge in [-0.1, -0.05) is 13.0 Å². The number of rotatable bonds is 7. The van der Waals surface area contributed by atoms with Gasteiger partial charge in [0, 0.05) is 23.9 Å². The van der Waals surface area contributed by atoms with E-state index in [0.717, 1.165) is 23.1 Å². The standard InChI is InChI=1S/C30H30BrN7O4/c1-15-5-6-24(31)34-28(15)35-29(42)22-9-30(4)10-23(30)38(22)25(41)13-37-27-16(2)7-18(8-20(27)26(36-37)17(3)40)21-12-32-19(14-39)11-33-21/h5-8,11-12,22-23,39H,9-10,13-14H2,1-4H3,(H,34,35,42)/t22-,23+,30-/m0/s1. The third kappa shape index (κ3) is 4.88. The molecule has 12 heteroatoms. The molecule has 2 aliphatic rings. The van der Waals surface area contributed by atoms with Crippen molar-refractivity contribution in [3.63, 3.8) is 0 Å². The fourth-order valence-electron chi connectivity index (χ4n) is 6.04. The Morgan fingerprint density at radius 3 is 2.60 bits per heavy atom. The molecule has 4 aromatic rings. The van der Waals surface area contributed by atoms with Gasteiger partial charge < -0.3 is 15.3 Å². The Hall–Kier alpha value is -4.03. The first-order chi connectivity index (χ1) is 20.0. The van der Waals surface area contributed by atoms with E-state index >= 15 is 0 Å². The fourth-order valence-corrected chi connectivity index (χ4v) is 6.35. The summed E-state index contributed by atoms with van der Waals surface area (Å²) in [7, 11) is 0. The second-order valence-corrected chi connectivity index (χ2v) is 12.3. The number of pyridine rings is 1. The van der Waals surface area contributed by atoms with Crippen LogP contribution in [0, 0.1) is 19.3 Å². The number of nitrogens with one attached hydrogen (secondary N) is 1. The smallest absolute Gasteiger partial charge is 0.248 e. The van der Waals surface area contributed by atoms with Crippen LogP contribution in [0.5, 0.6) is 0 Å². The summed E-state index contributed by atoms with van der Waals surface area (Å²) >= 11 is 3.35. The maximum Gasteiger partial charge on any atom is 0.248 e. The number of fused-ring (bicyclic) bond motifs is 2. The average Bonchev–Trinajstić information content (AvgIpc) is 3.30. The van der Waals surface area contributed by atoms with E-state index in [9.17, 15) is 19.5 Å². The van der Waals surface area contributed by atoms with E-state index in [-0.39, 0.29) is 47.9 Å². The molecule has 216 valence electrons. The molecule has 0 bridgehead atoms. The molecule has 2 N–H and O–H groups in total. The van der Waals surface area contributed by atoms with Crippen LogP contribution >= 0.6 is 15.9 Å². The second kappa shape index (κ2) is 10.4. The van der Waals surface area contributed by atoms with E-state index in [4.69, 9.17) is 0 Å². The van der Waals surface area contributed by atoms with E-state index in [1.54, 1.807) is 15.8 Å². The highest BCUT2D eigenvalue weighted by molar-refractivity contribution is 9.10. The molecule has 2 fully saturated rings. The van der Waals surface area contributed by atoms with Gasteiger partial charge in [0.15, 0.2) is 5.78 Å². The summed E-state index contributed by atoms with van der Waals surface area (Å²) in [6, 6.07) is 6.75. The molecule has 1 aliphatic carbocycles. The summed E-state index contributed by atoms with van der Waals surface area (Å²) in [5, 5.41) is 17.4. The van der Waals surface area contributed by atoms with Crippen molar-refractivity contribution in [2.75, 3.05) is 5.32 Å². The summed E-state index contributed by atoms with van der Waals surface area (Å²) in [5.74, 6) is -0.267. The molecule has 6 rings (SSSR count). The molecule has 2 amide bonds. The molecule has 11 nitrogen and oxygen atoms in total. The number of aromatic nitrogens is 5. The quantitative estimate of drug-likeness (QED) is 0.230. The Bertz CT molecular complexity index is 1770. The van der Waals surface area contributed by atoms with Crippen LogP contribution in [0.3, 0.4) is 0 Å². The van der Waals surface area contributed by atoms with Crippen LogP contribution in [0.4, 0.5) is 5.82 Å². The normalized spacial score (nSPS) is 21.0.